The van der Waals surface area contributed by atoms with E-state index >= 15 is 0 Å². The summed E-state index contributed by atoms with van der Waals surface area (Å²) in [6.07, 6.45) is 1.76. The molecule has 1 fully saturated rings. The molecule has 0 saturated carbocycles. The molecule has 1 aliphatic heterocycles. The second kappa shape index (κ2) is 13.9. The summed E-state index contributed by atoms with van der Waals surface area (Å²) in [6.45, 7) is 7.87. The Bertz CT molecular complexity index is 1340. The second-order valence-electron chi connectivity index (χ2n) is 10.9. The molecule has 1 aliphatic rings. The molecule has 0 aliphatic carbocycles. The molecule has 0 aromatic heterocycles. The maximum absolute atomic E-state index is 6.82. The summed E-state index contributed by atoms with van der Waals surface area (Å²) < 4.78 is 13.6. The average Bonchev–Trinajstić information content (AvgIpc) is 2.99. The number of hydrogen-bond donors (Lipinski definition) is 0. The minimum Gasteiger partial charge on any atom is -0.370 e. The first-order chi connectivity index (χ1) is 19.5. The summed E-state index contributed by atoms with van der Waals surface area (Å²) in [6, 6.07) is 36.2. The van der Waals surface area contributed by atoms with E-state index in [4.69, 9.17) is 21.1 Å². The standard InChI is InChI=1S/C36H39ClO2S/c1-4-33-26(3)34(38-23-28-11-7-5-8-12-28)35(39-24-29-13-9-6-10-14-29)36(40-33)30-19-20-32(37)31(22-30)21-27-17-15-25(2)16-18-27/h5-20,22,26,33-36H,4,21,23-24H2,1-3H3/t26-,33-,34+,35-,36+/m1/s1. The topological polar surface area (TPSA) is 18.5 Å². The molecule has 0 unspecified atom stereocenters. The summed E-state index contributed by atoms with van der Waals surface area (Å²) in [5.41, 5.74) is 7.30. The molecule has 2 nitrogen and oxygen atoms in total. The van der Waals surface area contributed by atoms with Crippen LogP contribution in [0.25, 0.3) is 0 Å². The van der Waals surface area contributed by atoms with E-state index in [0.29, 0.717) is 24.4 Å². The van der Waals surface area contributed by atoms with Gasteiger partial charge in [-0.1, -0.05) is 128 Å². The lowest BCUT2D eigenvalue weighted by Gasteiger charge is -2.45. The zero-order valence-electron chi connectivity index (χ0n) is 23.6. The Morgan fingerprint density at radius 1 is 0.725 bits per heavy atom. The summed E-state index contributed by atoms with van der Waals surface area (Å²) >= 11 is 8.79. The van der Waals surface area contributed by atoms with Crippen molar-refractivity contribution in [2.24, 2.45) is 5.92 Å². The lowest BCUT2D eigenvalue weighted by atomic mass is 9.89. The van der Waals surface area contributed by atoms with Crippen LogP contribution in [0.2, 0.25) is 5.02 Å². The van der Waals surface area contributed by atoms with Crippen molar-refractivity contribution < 1.29 is 9.47 Å². The highest BCUT2D eigenvalue weighted by Crippen LogP contribution is 2.49. The van der Waals surface area contributed by atoms with Crippen LogP contribution in [0.15, 0.2) is 103 Å². The number of thioether (sulfide) groups is 1. The number of benzene rings is 4. The Balaban J connectivity index is 1.46. The fourth-order valence-corrected chi connectivity index (χ4v) is 7.45. The van der Waals surface area contributed by atoms with Crippen LogP contribution in [0.3, 0.4) is 0 Å². The lowest BCUT2D eigenvalue weighted by Crippen LogP contribution is -2.48. The van der Waals surface area contributed by atoms with Crippen LogP contribution in [-0.2, 0) is 29.1 Å². The molecule has 5 rings (SSSR count). The van der Waals surface area contributed by atoms with Gasteiger partial charge in [-0.25, -0.2) is 0 Å². The Kier molecular flexibility index (Phi) is 10.0. The average molecular weight is 571 g/mol. The molecule has 1 heterocycles. The van der Waals surface area contributed by atoms with Gasteiger partial charge in [0.1, 0.15) is 6.10 Å². The second-order valence-corrected chi connectivity index (χ2v) is 12.7. The van der Waals surface area contributed by atoms with Gasteiger partial charge < -0.3 is 9.47 Å². The first kappa shape index (κ1) is 29.0. The van der Waals surface area contributed by atoms with Gasteiger partial charge in [-0.3, -0.25) is 0 Å². The van der Waals surface area contributed by atoms with E-state index < -0.39 is 0 Å². The van der Waals surface area contributed by atoms with E-state index in [2.05, 4.69) is 112 Å². The molecule has 0 amide bonds. The Morgan fingerprint density at radius 2 is 1.32 bits per heavy atom. The van der Waals surface area contributed by atoms with Crippen molar-refractivity contribution in [2.75, 3.05) is 0 Å². The minimum absolute atomic E-state index is 0.0312. The molecule has 0 bridgehead atoms. The largest absolute Gasteiger partial charge is 0.370 e. The fraction of sp³-hybridized carbons (Fsp3) is 0.333. The van der Waals surface area contributed by atoms with Crippen LogP contribution in [0.5, 0.6) is 0 Å². The van der Waals surface area contributed by atoms with E-state index in [1.807, 2.05) is 23.9 Å². The van der Waals surface area contributed by atoms with Gasteiger partial charge in [-0.2, -0.15) is 0 Å². The number of halogens is 1. The monoisotopic (exact) mass is 570 g/mol. The van der Waals surface area contributed by atoms with Gasteiger partial charge in [-0.15, -0.1) is 11.8 Å². The number of hydrogen-bond acceptors (Lipinski definition) is 3. The number of aryl methyl sites for hydroxylation is 1. The molecule has 4 aromatic carbocycles. The van der Waals surface area contributed by atoms with Gasteiger partial charge in [0.2, 0.25) is 0 Å². The van der Waals surface area contributed by atoms with E-state index in [0.717, 1.165) is 23.4 Å². The van der Waals surface area contributed by atoms with Gasteiger partial charge in [0.25, 0.3) is 0 Å². The van der Waals surface area contributed by atoms with Crippen molar-refractivity contribution in [3.63, 3.8) is 0 Å². The summed E-state index contributed by atoms with van der Waals surface area (Å²) in [5, 5.41) is 1.42. The predicted octanol–water partition coefficient (Wildman–Crippen LogP) is 9.61. The number of ether oxygens (including phenoxy) is 2. The van der Waals surface area contributed by atoms with E-state index in [9.17, 15) is 0 Å². The zero-order chi connectivity index (χ0) is 27.9. The third-order valence-corrected chi connectivity index (χ3v) is 10.2. The third-order valence-electron chi connectivity index (χ3n) is 7.93. The summed E-state index contributed by atoms with van der Waals surface area (Å²) in [5.74, 6) is 0.357. The summed E-state index contributed by atoms with van der Waals surface area (Å²) in [4.78, 5) is 0. The molecule has 1 saturated heterocycles. The molecule has 0 spiro atoms. The van der Waals surface area contributed by atoms with E-state index in [-0.39, 0.29) is 17.5 Å². The van der Waals surface area contributed by atoms with Gasteiger partial charge in [0, 0.05) is 10.3 Å². The van der Waals surface area contributed by atoms with Crippen molar-refractivity contribution >= 4 is 23.4 Å². The van der Waals surface area contributed by atoms with Crippen LogP contribution in [0.4, 0.5) is 0 Å². The van der Waals surface area contributed by atoms with Crippen molar-refractivity contribution in [3.8, 4) is 0 Å². The highest BCUT2D eigenvalue weighted by molar-refractivity contribution is 8.00. The Hall–Kier alpha value is -2.56. The number of rotatable bonds is 10. The van der Waals surface area contributed by atoms with Crippen LogP contribution in [-0.4, -0.2) is 17.5 Å². The highest BCUT2D eigenvalue weighted by Gasteiger charge is 2.45. The van der Waals surface area contributed by atoms with Crippen molar-refractivity contribution in [1.29, 1.82) is 0 Å². The van der Waals surface area contributed by atoms with Gasteiger partial charge in [0.05, 0.1) is 24.6 Å². The van der Waals surface area contributed by atoms with Crippen molar-refractivity contribution in [2.45, 2.75) is 69.5 Å². The smallest absolute Gasteiger partial charge is 0.100 e. The van der Waals surface area contributed by atoms with Gasteiger partial charge in [-0.05, 0) is 59.6 Å². The first-order valence-corrected chi connectivity index (χ1v) is 15.6. The fourth-order valence-electron chi connectivity index (χ4n) is 5.60. The minimum atomic E-state index is -0.0971. The van der Waals surface area contributed by atoms with Gasteiger partial charge in [0.15, 0.2) is 0 Å². The molecule has 4 aromatic rings. The van der Waals surface area contributed by atoms with Gasteiger partial charge >= 0.3 is 0 Å². The first-order valence-electron chi connectivity index (χ1n) is 14.3. The predicted molar refractivity (Wildman–Crippen MR) is 169 cm³/mol. The molecular weight excluding hydrogens is 532 g/mol. The Morgan fingerprint density at radius 3 is 1.93 bits per heavy atom. The van der Waals surface area contributed by atoms with Crippen LogP contribution in [0, 0.1) is 12.8 Å². The molecule has 0 N–H and O–H groups in total. The van der Waals surface area contributed by atoms with Crippen LogP contribution >= 0.6 is 23.4 Å². The SMILES string of the molecule is CC[C@H]1S[C@@H](c2ccc(Cl)c(Cc3ccc(C)cc3)c2)[C@H](OCc2ccccc2)[C@@H](OCc2ccccc2)[C@@H]1C. The maximum Gasteiger partial charge on any atom is 0.100 e. The molecule has 4 heteroatoms. The quantitative estimate of drug-likeness (QED) is 0.189. The van der Waals surface area contributed by atoms with Crippen molar-refractivity contribution in [1.82, 2.24) is 0 Å². The highest BCUT2D eigenvalue weighted by atomic mass is 35.5. The molecule has 208 valence electrons. The normalized spacial score (nSPS) is 22.8. The molecule has 5 atom stereocenters. The zero-order valence-corrected chi connectivity index (χ0v) is 25.2. The summed E-state index contributed by atoms with van der Waals surface area (Å²) in [7, 11) is 0. The molecular formula is C36H39ClO2S. The lowest BCUT2D eigenvalue weighted by molar-refractivity contribution is -0.112. The van der Waals surface area contributed by atoms with E-state index in [1.165, 1.54) is 27.8 Å². The van der Waals surface area contributed by atoms with Crippen LogP contribution in [0.1, 0.15) is 58.9 Å². The molecule has 40 heavy (non-hydrogen) atoms. The van der Waals surface area contributed by atoms with E-state index in [1.54, 1.807) is 0 Å². The maximum atomic E-state index is 6.82. The van der Waals surface area contributed by atoms with Crippen molar-refractivity contribution in [3.05, 3.63) is 142 Å². The van der Waals surface area contributed by atoms with Crippen LogP contribution < -0.4 is 0 Å². The Labute approximate surface area is 249 Å². The molecule has 0 radical (unpaired) electrons. The third kappa shape index (κ3) is 7.19.